The minimum absolute atomic E-state index is 0.247. The third-order valence-corrected chi connectivity index (χ3v) is 3.58. The van der Waals surface area contributed by atoms with Crippen molar-refractivity contribution in [3.05, 3.63) is 51.6 Å². The number of rotatable bonds is 3. The van der Waals surface area contributed by atoms with Crippen molar-refractivity contribution in [1.82, 2.24) is 9.97 Å². The van der Waals surface area contributed by atoms with E-state index < -0.39 is 0 Å². The van der Waals surface area contributed by atoms with Gasteiger partial charge in [-0.05, 0) is 39.5 Å². The Morgan fingerprint density at radius 2 is 1.84 bits per heavy atom. The predicted octanol–water partition coefficient (Wildman–Crippen LogP) is 3.67. The Balaban J connectivity index is 2.33. The molecule has 100 valence electrons. The van der Waals surface area contributed by atoms with Crippen molar-refractivity contribution in [1.29, 1.82) is 0 Å². The van der Waals surface area contributed by atoms with Gasteiger partial charge in [-0.2, -0.15) is 0 Å². The van der Waals surface area contributed by atoms with Crippen molar-refractivity contribution in [3.63, 3.8) is 0 Å². The predicted molar refractivity (Wildman–Crippen MR) is 77.4 cm³/mol. The molecule has 0 unspecified atom stereocenters. The summed E-state index contributed by atoms with van der Waals surface area (Å²) in [5.41, 5.74) is 7.73. The highest BCUT2D eigenvalue weighted by atomic mass is 79.9. The molecule has 0 fully saturated rings. The van der Waals surface area contributed by atoms with Gasteiger partial charge in [-0.3, -0.25) is 0 Å². The maximum atomic E-state index is 12.9. The van der Waals surface area contributed by atoms with Crippen LogP contribution >= 0.6 is 15.9 Å². The van der Waals surface area contributed by atoms with Gasteiger partial charge < -0.3 is 5.73 Å². The summed E-state index contributed by atoms with van der Waals surface area (Å²) in [5, 5.41) is 0. The van der Waals surface area contributed by atoms with Crippen LogP contribution in [0.25, 0.3) is 0 Å². The number of hydrogen-bond acceptors (Lipinski definition) is 3. The van der Waals surface area contributed by atoms with E-state index in [-0.39, 0.29) is 11.7 Å². The van der Waals surface area contributed by atoms with Gasteiger partial charge in [-0.25, -0.2) is 14.4 Å². The molecule has 0 aliphatic carbocycles. The van der Waals surface area contributed by atoms with Gasteiger partial charge in [0.25, 0.3) is 0 Å². The second-order valence-corrected chi connectivity index (χ2v) is 5.48. The number of nitrogens with two attached hydrogens (primary N) is 1. The lowest BCUT2D eigenvalue weighted by Gasteiger charge is -2.11. The van der Waals surface area contributed by atoms with Gasteiger partial charge >= 0.3 is 0 Å². The first kappa shape index (κ1) is 13.9. The lowest BCUT2D eigenvalue weighted by Crippen LogP contribution is -2.07. The molecule has 0 radical (unpaired) electrons. The molecule has 1 aromatic carbocycles. The lowest BCUT2D eigenvalue weighted by molar-refractivity contribution is 0.627. The molecular weight excluding hydrogens is 309 g/mol. The number of nitrogens with zero attached hydrogens (tertiary/aromatic N) is 2. The van der Waals surface area contributed by atoms with Crippen LogP contribution in [0.15, 0.2) is 28.7 Å². The molecule has 0 saturated carbocycles. The van der Waals surface area contributed by atoms with Gasteiger partial charge in [-0.1, -0.05) is 26.0 Å². The maximum Gasteiger partial charge on any atom is 0.141 e. The van der Waals surface area contributed by atoms with Crippen LogP contribution in [0, 0.1) is 5.82 Å². The number of aromatic nitrogens is 2. The number of halogens is 2. The van der Waals surface area contributed by atoms with Crippen LogP contribution in [0.2, 0.25) is 0 Å². The fourth-order valence-electron chi connectivity index (χ4n) is 1.78. The van der Waals surface area contributed by atoms with Crippen LogP contribution in [0.3, 0.4) is 0 Å². The lowest BCUT2D eigenvalue weighted by atomic mass is 10.1. The topological polar surface area (TPSA) is 51.8 Å². The van der Waals surface area contributed by atoms with Crippen molar-refractivity contribution in [2.45, 2.75) is 26.2 Å². The highest BCUT2D eigenvalue weighted by molar-refractivity contribution is 9.10. The Morgan fingerprint density at radius 3 is 2.42 bits per heavy atom. The summed E-state index contributed by atoms with van der Waals surface area (Å²) < 4.78 is 13.6. The monoisotopic (exact) mass is 323 g/mol. The van der Waals surface area contributed by atoms with E-state index in [2.05, 4.69) is 25.9 Å². The zero-order valence-electron chi connectivity index (χ0n) is 10.8. The van der Waals surface area contributed by atoms with Crippen LogP contribution in [0.4, 0.5) is 10.2 Å². The highest BCUT2D eigenvalue weighted by Gasteiger charge is 2.13. The van der Waals surface area contributed by atoms with Crippen LogP contribution in [-0.2, 0) is 6.42 Å². The number of hydrogen-bond donors (Lipinski definition) is 1. The molecule has 3 nitrogen and oxygen atoms in total. The maximum absolute atomic E-state index is 12.9. The first-order valence-electron chi connectivity index (χ1n) is 6.03. The third kappa shape index (κ3) is 3.29. The molecule has 1 aromatic heterocycles. The molecule has 0 aliphatic rings. The molecule has 0 atom stereocenters. The van der Waals surface area contributed by atoms with Crippen LogP contribution < -0.4 is 5.73 Å². The van der Waals surface area contributed by atoms with Gasteiger partial charge in [0.2, 0.25) is 0 Å². The molecular formula is C14H15BrFN3. The van der Waals surface area contributed by atoms with E-state index in [1.165, 1.54) is 12.1 Å². The van der Waals surface area contributed by atoms with Crippen LogP contribution in [0.1, 0.15) is 36.8 Å². The van der Waals surface area contributed by atoms with Crippen molar-refractivity contribution in [2.24, 2.45) is 0 Å². The van der Waals surface area contributed by atoms with Crippen LogP contribution in [-0.4, -0.2) is 9.97 Å². The molecule has 2 aromatic rings. The summed E-state index contributed by atoms with van der Waals surface area (Å²) >= 11 is 3.41. The summed E-state index contributed by atoms with van der Waals surface area (Å²) in [4.78, 5) is 8.78. The van der Waals surface area contributed by atoms with Crippen molar-refractivity contribution in [2.75, 3.05) is 5.73 Å². The zero-order valence-corrected chi connectivity index (χ0v) is 12.4. The molecule has 0 amide bonds. The highest BCUT2D eigenvalue weighted by Crippen LogP contribution is 2.27. The van der Waals surface area contributed by atoms with E-state index >= 15 is 0 Å². The molecule has 0 saturated heterocycles. The molecule has 0 bridgehead atoms. The third-order valence-electron chi connectivity index (χ3n) is 2.77. The zero-order chi connectivity index (χ0) is 14.0. The quantitative estimate of drug-likeness (QED) is 0.937. The number of anilines is 1. The molecule has 0 aliphatic heterocycles. The molecule has 2 rings (SSSR count). The van der Waals surface area contributed by atoms with E-state index in [0.29, 0.717) is 18.1 Å². The molecule has 1 heterocycles. The molecule has 2 N–H and O–H groups in total. The second kappa shape index (κ2) is 5.65. The standard InChI is InChI=1S/C14H15BrFN3/c1-8(2)13-12(15)14(17)19-11(18-13)7-9-3-5-10(16)6-4-9/h3-6,8H,7H2,1-2H3,(H2,17,18,19). The van der Waals surface area contributed by atoms with Crippen LogP contribution in [0.5, 0.6) is 0 Å². The Morgan fingerprint density at radius 1 is 1.21 bits per heavy atom. The Labute approximate surface area is 120 Å². The minimum atomic E-state index is -0.247. The smallest absolute Gasteiger partial charge is 0.141 e. The van der Waals surface area contributed by atoms with E-state index in [0.717, 1.165) is 15.7 Å². The van der Waals surface area contributed by atoms with Crippen molar-refractivity contribution >= 4 is 21.7 Å². The summed E-state index contributed by atoms with van der Waals surface area (Å²) in [6.07, 6.45) is 0.539. The molecule has 5 heteroatoms. The Kier molecular flexibility index (Phi) is 4.14. The number of nitrogen functional groups attached to an aromatic ring is 1. The summed E-state index contributed by atoms with van der Waals surface area (Å²) in [5.74, 6) is 1.10. The van der Waals surface area contributed by atoms with Gasteiger partial charge in [0.1, 0.15) is 17.5 Å². The normalized spacial score (nSPS) is 11.0. The average molecular weight is 324 g/mol. The van der Waals surface area contributed by atoms with Crippen molar-refractivity contribution in [3.8, 4) is 0 Å². The molecule has 0 spiro atoms. The fraction of sp³-hybridized carbons (Fsp3) is 0.286. The number of benzene rings is 1. The first-order chi connectivity index (χ1) is 8.97. The molecule has 19 heavy (non-hydrogen) atoms. The largest absolute Gasteiger partial charge is 0.383 e. The van der Waals surface area contributed by atoms with Gasteiger partial charge in [-0.15, -0.1) is 0 Å². The first-order valence-corrected chi connectivity index (χ1v) is 6.83. The van der Waals surface area contributed by atoms with Gasteiger partial charge in [0.15, 0.2) is 0 Å². The van der Waals surface area contributed by atoms with Gasteiger partial charge in [0, 0.05) is 6.42 Å². The van der Waals surface area contributed by atoms with Crippen molar-refractivity contribution < 1.29 is 4.39 Å². The SMILES string of the molecule is CC(C)c1nc(Cc2ccc(F)cc2)nc(N)c1Br. The van der Waals surface area contributed by atoms with E-state index in [9.17, 15) is 4.39 Å². The second-order valence-electron chi connectivity index (χ2n) is 4.68. The van der Waals surface area contributed by atoms with E-state index in [1.807, 2.05) is 13.8 Å². The summed E-state index contributed by atoms with van der Waals surface area (Å²) in [6.45, 7) is 4.10. The minimum Gasteiger partial charge on any atom is -0.383 e. The summed E-state index contributed by atoms with van der Waals surface area (Å²) in [6, 6.07) is 6.32. The van der Waals surface area contributed by atoms with E-state index in [4.69, 9.17) is 5.73 Å². The summed E-state index contributed by atoms with van der Waals surface area (Å²) in [7, 11) is 0. The fourth-order valence-corrected chi connectivity index (χ4v) is 2.41. The van der Waals surface area contributed by atoms with Gasteiger partial charge in [0.05, 0.1) is 10.2 Å². The Hall–Kier alpha value is -1.49. The van der Waals surface area contributed by atoms with E-state index in [1.54, 1.807) is 12.1 Å². The average Bonchev–Trinajstić information content (AvgIpc) is 2.36. The Bertz CT molecular complexity index is 582.